The van der Waals surface area contributed by atoms with Crippen LogP contribution in [0, 0.1) is 5.92 Å². The van der Waals surface area contributed by atoms with Crippen molar-refractivity contribution in [3.8, 4) is 0 Å². The van der Waals surface area contributed by atoms with Crippen LogP contribution in [0.3, 0.4) is 0 Å². The van der Waals surface area contributed by atoms with E-state index >= 15 is 0 Å². The highest BCUT2D eigenvalue weighted by Crippen LogP contribution is 2.11. The van der Waals surface area contributed by atoms with E-state index in [9.17, 15) is 0 Å². The number of unbranched alkanes of at least 4 members (excludes halogenated alkanes) is 1. The van der Waals surface area contributed by atoms with Crippen molar-refractivity contribution in [1.29, 1.82) is 0 Å². The van der Waals surface area contributed by atoms with Gasteiger partial charge in [0.1, 0.15) is 0 Å². The molecule has 0 radical (unpaired) electrons. The highest BCUT2D eigenvalue weighted by Gasteiger charge is 1.96. The second-order valence-corrected chi connectivity index (χ2v) is 4.67. The Balaban J connectivity index is 2.47. The number of benzene rings is 1. The van der Waals surface area contributed by atoms with Crippen LogP contribution >= 0.6 is 0 Å². The van der Waals surface area contributed by atoms with Gasteiger partial charge in [0.15, 0.2) is 0 Å². The summed E-state index contributed by atoms with van der Waals surface area (Å²) in [5.41, 5.74) is 8.15. The van der Waals surface area contributed by atoms with E-state index < -0.39 is 0 Å². The van der Waals surface area contributed by atoms with Gasteiger partial charge in [0.05, 0.1) is 0 Å². The smallest absolute Gasteiger partial charge is 0.00743 e. The van der Waals surface area contributed by atoms with Gasteiger partial charge >= 0.3 is 0 Å². The topological polar surface area (TPSA) is 26.0 Å². The molecule has 0 saturated heterocycles. The minimum atomic E-state index is 0.728. The molecule has 1 aromatic carbocycles. The molecule has 0 unspecified atom stereocenters. The number of allylic oxidation sites excluding steroid dienone is 1. The molecule has 0 atom stereocenters. The number of hydrogen-bond acceptors (Lipinski definition) is 1. The lowest BCUT2D eigenvalue weighted by molar-refractivity contribution is 0.647. The zero-order chi connectivity index (χ0) is 11.8. The Bertz CT molecular complexity index is 309. The Hall–Kier alpha value is -1.08. The molecule has 16 heavy (non-hydrogen) atoms. The van der Waals surface area contributed by atoms with Gasteiger partial charge in [-0.3, -0.25) is 0 Å². The SMILES string of the molecule is CC(C)Cc1ccc(/C=C/CCCN)cc1. The first-order chi connectivity index (χ1) is 7.72. The summed E-state index contributed by atoms with van der Waals surface area (Å²) in [5, 5.41) is 0. The van der Waals surface area contributed by atoms with Gasteiger partial charge in [0, 0.05) is 0 Å². The molecule has 0 heterocycles. The third kappa shape index (κ3) is 5.13. The van der Waals surface area contributed by atoms with E-state index in [-0.39, 0.29) is 0 Å². The van der Waals surface area contributed by atoms with Crippen molar-refractivity contribution in [2.75, 3.05) is 6.54 Å². The quantitative estimate of drug-likeness (QED) is 0.723. The van der Waals surface area contributed by atoms with Gasteiger partial charge in [-0.05, 0) is 42.9 Å². The van der Waals surface area contributed by atoms with E-state index in [1.807, 2.05) is 0 Å². The van der Waals surface area contributed by atoms with Crippen molar-refractivity contribution in [2.24, 2.45) is 11.7 Å². The minimum absolute atomic E-state index is 0.728. The monoisotopic (exact) mass is 217 g/mol. The fraction of sp³-hybridized carbons (Fsp3) is 0.467. The Morgan fingerprint density at radius 2 is 1.88 bits per heavy atom. The summed E-state index contributed by atoms with van der Waals surface area (Å²) in [6, 6.07) is 8.83. The Kier molecular flexibility index (Phi) is 5.87. The highest BCUT2D eigenvalue weighted by molar-refractivity contribution is 5.49. The van der Waals surface area contributed by atoms with Crippen LogP contribution in [-0.2, 0) is 6.42 Å². The van der Waals surface area contributed by atoms with Gasteiger partial charge in [-0.25, -0.2) is 0 Å². The second kappa shape index (κ2) is 7.24. The maximum atomic E-state index is 5.44. The lowest BCUT2D eigenvalue weighted by Gasteiger charge is -2.04. The fourth-order valence-electron chi connectivity index (χ4n) is 1.69. The molecule has 1 rings (SSSR count). The molecular weight excluding hydrogens is 194 g/mol. The Morgan fingerprint density at radius 1 is 1.19 bits per heavy atom. The van der Waals surface area contributed by atoms with Crippen LogP contribution in [-0.4, -0.2) is 6.54 Å². The Labute approximate surface area is 99.4 Å². The largest absolute Gasteiger partial charge is 0.330 e. The first kappa shape index (κ1) is 13.0. The standard InChI is InChI=1S/C15H23N/c1-13(2)12-15-9-7-14(8-10-15)6-4-3-5-11-16/h4,6-10,13H,3,5,11-12,16H2,1-2H3/b6-4+. The molecule has 0 fully saturated rings. The minimum Gasteiger partial charge on any atom is -0.330 e. The van der Waals surface area contributed by atoms with Gasteiger partial charge in [-0.1, -0.05) is 50.3 Å². The van der Waals surface area contributed by atoms with E-state index in [0.717, 1.165) is 31.7 Å². The number of hydrogen-bond donors (Lipinski definition) is 1. The van der Waals surface area contributed by atoms with Gasteiger partial charge in [0.2, 0.25) is 0 Å². The van der Waals surface area contributed by atoms with E-state index in [2.05, 4.69) is 50.3 Å². The molecule has 0 amide bonds. The molecule has 0 saturated carbocycles. The maximum Gasteiger partial charge on any atom is -0.00743 e. The molecule has 0 aliphatic heterocycles. The second-order valence-electron chi connectivity index (χ2n) is 4.67. The zero-order valence-corrected chi connectivity index (χ0v) is 10.4. The van der Waals surface area contributed by atoms with Gasteiger partial charge in [-0.2, -0.15) is 0 Å². The first-order valence-corrected chi connectivity index (χ1v) is 6.18. The summed E-state index contributed by atoms with van der Waals surface area (Å²) in [7, 11) is 0. The van der Waals surface area contributed by atoms with E-state index in [4.69, 9.17) is 5.73 Å². The Morgan fingerprint density at radius 3 is 2.44 bits per heavy atom. The van der Waals surface area contributed by atoms with Crippen LogP contribution < -0.4 is 5.73 Å². The van der Waals surface area contributed by atoms with Crippen molar-refractivity contribution >= 4 is 6.08 Å². The van der Waals surface area contributed by atoms with Crippen molar-refractivity contribution in [3.63, 3.8) is 0 Å². The molecule has 0 aliphatic rings. The van der Waals surface area contributed by atoms with Crippen LogP contribution in [0.5, 0.6) is 0 Å². The molecule has 1 heteroatoms. The third-order valence-electron chi connectivity index (χ3n) is 2.51. The summed E-state index contributed by atoms with van der Waals surface area (Å²) in [6.45, 7) is 5.28. The summed E-state index contributed by atoms with van der Waals surface area (Å²) in [5.74, 6) is 0.728. The van der Waals surface area contributed by atoms with E-state index in [1.54, 1.807) is 0 Å². The lowest BCUT2D eigenvalue weighted by atomic mass is 10.0. The molecule has 0 bridgehead atoms. The average molecular weight is 217 g/mol. The molecular formula is C15H23N. The van der Waals surface area contributed by atoms with Crippen LogP contribution in [0.4, 0.5) is 0 Å². The third-order valence-corrected chi connectivity index (χ3v) is 2.51. The maximum absolute atomic E-state index is 5.44. The molecule has 0 aromatic heterocycles. The van der Waals surface area contributed by atoms with Crippen LogP contribution in [0.25, 0.3) is 6.08 Å². The van der Waals surface area contributed by atoms with Gasteiger partial charge < -0.3 is 5.73 Å². The molecule has 1 aromatic rings. The molecule has 88 valence electrons. The summed E-state index contributed by atoms with van der Waals surface area (Å²) < 4.78 is 0. The zero-order valence-electron chi connectivity index (χ0n) is 10.4. The van der Waals surface area contributed by atoms with Crippen molar-refractivity contribution in [1.82, 2.24) is 0 Å². The lowest BCUT2D eigenvalue weighted by Crippen LogP contribution is -1.96. The van der Waals surface area contributed by atoms with Crippen molar-refractivity contribution in [2.45, 2.75) is 33.1 Å². The molecule has 1 nitrogen and oxygen atoms in total. The summed E-state index contributed by atoms with van der Waals surface area (Å²) >= 11 is 0. The molecule has 2 N–H and O–H groups in total. The molecule has 0 aliphatic carbocycles. The predicted octanol–water partition coefficient (Wildman–Crippen LogP) is 3.64. The fourth-order valence-corrected chi connectivity index (χ4v) is 1.69. The molecule has 0 spiro atoms. The number of nitrogens with two attached hydrogens (primary N) is 1. The summed E-state index contributed by atoms with van der Waals surface area (Å²) in [4.78, 5) is 0. The average Bonchev–Trinajstić information content (AvgIpc) is 2.26. The van der Waals surface area contributed by atoms with Crippen LogP contribution in [0.2, 0.25) is 0 Å². The first-order valence-electron chi connectivity index (χ1n) is 6.18. The van der Waals surface area contributed by atoms with Crippen LogP contribution in [0.1, 0.15) is 37.8 Å². The normalized spacial score (nSPS) is 11.5. The van der Waals surface area contributed by atoms with Crippen LogP contribution in [0.15, 0.2) is 30.3 Å². The van der Waals surface area contributed by atoms with E-state index in [1.165, 1.54) is 11.1 Å². The van der Waals surface area contributed by atoms with Gasteiger partial charge in [-0.15, -0.1) is 0 Å². The van der Waals surface area contributed by atoms with Gasteiger partial charge in [0.25, 0.3) is 0 Å². The highest BCUT2D eigenvalue weighted by atomic mass is 14.5. The predicted molar refractivity (Wildman–Crippen MR) is 72.3 cm³/mol. The number of rotatable bonds is 6. The van der Waals surface area contributed by atoms with Crippen molar-refractivity contribution in [3.05, 3.63) is 41.5 Å². The van der Waals surface area contributed by atoms with Crippen molar-refractivity contribution < 1.29 is 0 Å². The summed E-state index contributed by atoms with van der Waals surface area (Å²) in [6.07, 6.45) is 7.68. The van der Waals surface area contributed by atoms with E-state index in [0.29, 0.717) is 0 Å².